The van der Waals surface area contributed by atoms with Crippen LogP contribution in [-0.4, -0.2) is 25.7 Å². The molecule has 1 aliphatic rings. The Morgan fingerprint density at radius 3 is 2.67 bits per heavy atom. The summed E-state index contributed by atoms with van der Waals surface area (Å²) in [5.41, 5.74) is -0.0523. The van der Waals surface area contributed by atoms with Gasteiger partial charge in [0, 0.05) is 6.54 Å². The summed E-state index contributed by atoms with van der Waals surface area (Å²) in [5, 5.41) is 10.1. The summed E-state index contributed by atoms with van der Waals surface area (Å²) >= 11 is 0. The first-order valence-electron chi connectivity index (χ1n) is 6.10. The largest absolute Gasteiger partial charge is 0.389 e. The summed E-state index contributed by atoms with van der Waals surface area (Å²) in [7, 11) is -3.53. The summed E-state index contributed by atoms with van der Waals surface area (Å²) in [6, 6.07) is 6.73. The van der Waals surface area contributed by atoms with Gasteiger partial charge in [0.15, 0.2) is 0 Å². The van der Waals surface area contributed by atoms with E-state index in [0.717, 1.165) is 18.4 Å². The maximum Gasteiger partial charge on any atom is 0.240 e. The fraction of sp³-hybridized carbons (Fsp3) is 0.538. The molecule has 1 saturated carbocycles. The van der Waals surface area contributed by atoms with Gasteiger partial charge in [-0.05, 0) is 50.3 Å². The van der Waals surface area contributed by atoms with Crippen molar-refractivity contribution in [2.75, 3.05) is 6.54 Å². The van der Waals surface area contributed by atoms with Gasteiger partial charge < -0.3 is 5.11 Å². The molecule has 1 unspecified atom stereocenters. The summed E-state index contributed by atoms with van der Waals surface area (Å²) in [5.74, 6) is 0.220. The second-order valence-corrected chi connectivity index (χ2v) is 7.04. The smallest absolute Gasteiger partial charge is 0.240 e. The number of aliphatic hydroxyl groups is 1. The van der Waals surface area contributed by atoms with Crippen molar-refractivity contribution in [3.05, 3.63) is 29.8 Å². The third-order valence-electron chi connectivity index (χ3n) is 3.38. The fourth-order valence-corrected chi connectivity index (χ4v) is 3.20. The van der Waals surface area contributed by atoms with Crippen LogP contribution in [-0.2, 0) is 10.0 Å². The summed E-state index contributed by atoms with van der Waals surface area (Å²) < 4.78 is 26.6. The van der Waals surface area contributed by atoms with Crippen molar-refractivity contribution in [3.63, 3.8) is 0 Å². The molecule has 18 heavy (non-hydrogen) atoms. The highest BCUT2D eigenvalue weighted by atomic mass is 32.2. The highest BCUT2D eigenvalue weighted by molar-refractivity contribution is 7.89. The van der Waals surface area contributed by atoms with E-state index in [1.54, 1.807) is 25.1 Å². The van der Waals surface area contributed by atoms with Gasteiger partial charge in [0.05, 0.1) is 10.5 Å². The van der Waals surface area contributed by atoms with Gasteiger partial charge in [0.25, 0.3) is 0 Å². The molecule has 2 N–H and O–H groups in total. The molecular weight excluding hydrogens is 250 g/mol. The van der Waals surface area contributed by atoms with Gasteiger partial charge in [-0.1, -0.05) is 12.1 Å². The standard InChI is InChI=1S/C13H19NO3S/c1-10-4-3-5-12(8-10)18(16,17)14-9-13(2,15)11-6-7-11/h3-5,8,11,14-15H,6-7,9H2,1-2H3. The summed E-state index contributed by atoms with van der Waals surface area (Å²) in [6.45, 7) is 3.59. The Morgan fingerprint density at radius 2 is 2.11 bits per heavy atom. The number of hydrogen-bond acceptors (Lipinski definition) is 3. The summed E-state index contributed by atoms with van der Waals surface area (Å²) in [6.07, 6.45) is 1.94. The molecule has 100 valence electrons. The third-order valence-corrected chi connectivity index (χ3v) is 4.78. The monoisotopic (exact) mass is 269 g/mol. The van der Waals surface area contributed by atoms with E-state index < -0.39 is 15.6 Å². The first kappa shape index (κ1) is 13.5. The van der Waals surface area contributed by atoms with Crippen LogP contribution in [0.1, 0.15) is 25.3 Å². The molecule has 4 nitrogen and oxygen atoms in total. The van der Waals surface area contributed by atoms with Crippen LogP contribution in [0.4, 0.5) is 0 Å². The molecule has 5 heteroatoms. The Kier molecular flexibility index (Phi) is 3.49. The van der Waals surface area contributed by atoms with E-state index >= 15 is 0 Å². The van der Waals surface area contributed by atoms with Crippen LogP contribution in [0.15, 0.2) is 29.2 Å². The topological polar surface area (TPSA) is 66.4 Å². The Labute approximate surface area is 108 Å². The minimum absolute atomic E-state index is 0.0634. The Hall–Kier alpha value is -0.910. The van der Waals surface area contributed by atoms with E-state index in [9.17, 15) is 13.5 Å². The molecule has 1 fully saturated rings. The zero-order valence-electron chi connectivity index (χ0n) is 10.7. The predicted octanol–water partition coefficient (Wildman–Crippen LogP) is 1.43. The van der Waals surface area contributed by atoms with E-state index in [0.29, 0.717) is 0 Å². The van der Waals surface area contributed by atoms with Gasteiger partial charge in [0.1, 0.15) is 0 Å². The first-order valence-corrected chi connectivity index (χ1v) is 7.58. The average molecular weight is 269 g/mol. The van der Waals surface area contributed by atoms with E-state index in [2.05, 4.69) is 4.72 Å². The van der Waals surface area contributed by atoms with Gasteiger partial charge in [0.2, 0.25) is 10.0 Å². The number of sulfonamides is 1. The highest BCUT2D eigenvalue weighted by Gasteiger charge is 2.40. The van der Waals surface area contributed by atoms with Gasteiger partial charge in [-0.3, -0.25) is 0 Å². The molecule has 1 aromatic carbocycles. The van der Waals surface area contributed by atoms with Gasteiger partial charge in [-0.2, -0.15) is 0 Å². The van der Waals surface area contributed by atoms with Crippen molar-refractivity contribution in [2.24, 2.45) is 5.92 Å². The molecule has 0 heterocycles. The van der Waals surface area contributed by atoms with E-state index in [4.69, 9.17) is 0 Å². The minimum atomic E-state index is -3.53. The Morgan fingerprint density at radius 1 is 1.44 bits per heavy atom. The fourth-order valence-electron chi connectivity index (χ4n) is 1.96. The number of rotatable bonds is 5. The number of nitrogens with one attached hydrogen (secondary N) is 1. The molecule has 0 amide bonds. The molecule has 1 atom stereocenters. The second kappa shape index (κ2) is 4.64. The lowest BCUT2D eigenvalue weighted by atomic mass is 10.0. The predicted molar refractivity (Wildman–Crippen MR) is 69.7 cm³/mol. The van der Waals surface area contributed by atoms with Crippen LogP contribution in [0.25, 0.3) is 0 Å². The van der Waals surface area contributed by atoms with Crippen LogP contribution < -0.4 is 4.72 Å². The minimum Gasteiger partial charge on any atom is -0.389 e. The SMILES string of the molecule is Cc1cccc(S(=O)(=O)NCC(C)(O)C2CC2)c1. The van der Waals surface area contributed by atoms with Crippen molar-refractivity contribution >= 4 is 10.0 Å². The Bertz CT molecular complexity index is 533. The van der Waals surface area contributed by atoms with Crippen LogP contribution >= 0.6 is 0 Å². The summed E-state index contributed by atoms with van der Waals surface area (Å²) in [4.78, 5) is 0.245. The molecule has 0 aliphatic heterocycles. The molecule has 0 spiro atoms. The molecule has 1 aromatic rings. The zero-order valence-corrected chi connectivity index (χ0v) is 11.5. The first-order chi connectivity index (χ1) is 8.31. The number of hydrogen-bond donors (Lipinski definition) is 2. The van der Waals surface area contributed by atoms with Crippen molar-refractivity contribution in [1.29, 1.82) is 0 Å². The van der Waals surface area contributed by atoms with E-state index in [-0.39, 0.29) is 17.4 Å². The molecule has 0 aromatic heterocycles. The zero-order chi connectivity index (χ0) is 13.4. The van der Waals surface area contributed by atoms with Crippen LogP contribution in [0, 0.1) is 12.8 Å². The lowest BCUT2D eigenvalue weighted by Crippen LogP contribution is -2.42. The van der Waals surface area contributed by atoms with Gasteiger partial charge >= 0.3 is 0 Å². The average Bonchev–Trinajstić information content (AvgIpc) is 3.11. The van der Waals surface area contributed by atoms with Gasteiger partial charge in [-0.15, -0.1) is 0 Å². The molecule has 0 radical (unpaired) electrons. The Balaban J connectivity index is 2.08. The lowest BCUT2D eigenvalue weighted by molar-refractivity contribution is 0.0422. The highest BCUT2D eigenvalue weighted by Crippen LogP contribution is 2.39. The van der Waals surface area contributed by atoms with E-state index in [1.807, 2.05) is 13.0 Å². The molecular formula is C13H19NO3S. The van der Waals surface area contributed by atoms with Crippen LogP contribution in [0.2, 0.25) is 0 Å². The quantitative estimate of drug-likeness (QED) is 0.850. The maximum atomic E-state index is 12.1. The number of benzene rings is 1. The second-order valence-electron chi connectivity index (χ2n) is 5.27. The van der Waals surface area contributed by atoms with Crippen molar-refractivity contribution < 1.29 is 13.5 Å². The van der Waals surface area contributed by atoms with Crippen molar-refractivity contribution in [2.45, 2.75) is 37.2 Å². The molecule has 0 bridgehead atoms. The van der Waals surface area contributed by atoms with Crippen LogP contribution in [0.3, 0.4) is 0 Å². The molecule has 0 saturated heterocycles. The normalized spacial score (nSPS) is 19.5. The van der Waals surface area contributed by atoms with Crippen LogP contribution in [0.5, 0.6) is 0 Å². The lowest BCUT2D eigenvalue weighted by Gasteiger charge is -2.23. The molecule has 1 aliphatic carbocycles. The van der Waals surface area contributed by atoms with Crippen molar-refractivity contribution in [3.8, 4) is 0 Å². The third kappa shape index (κ3) is 3.10. The van der Waals surface area contributed by atoms with Crippen molar-refractivity contribution in [1.82, 2.24) is 4.72 Å². The van der Waals surface area contributed by atoms with E-state index in [1.165, 1.54) is 0 Å². The van der Waals surface area contributed by atoms with Gasteiger partial charge in [-0.25, -0.2) is 13.1 Å². The molecule has 2 rings (SSSR count). The maximum absolute atomic E-state index is 12.1. The number of aryl methyl sites for hydroxylation is 1.